The number of rotatable bonds is 8. The SMILES string of the molecule is CCN(CC)c1ccc(/C=C2\Oc3c(ccc(OC(=O)c4c(OC)cccc4OC)c3C)C2=O)cc1. The molecule has 0 unspecified atom stereocenters. The second-order valence-electron chi connectivity index (χ2n) is 8.20. The first kappa shape index (κ1) is 24.9. The van der Waals surface area contributed by atoms with Crippen molar-refractivity contribution in [2.45, 2.75) is 20.8 Å². The topological polar surface area (TPSA) is 74.3 Å². The van der Waals surface area contributed by atoms with Crippen LogP contribution in [0.2, 0.25) is 0 Å². The first-order chi connectivity index (χ1) is 17.4. The van der Waals surface area contributed by atoms with Crippen molar-refractivity contribution in [2.75, 3.05) is 32.2 Å². The van der Waals surface area contributed by atoms with Gasteiger partial charge in [0.15, 0.2) is 5.76 Å². The van der Waals surface area contributed by atoms with E-state index in [-0.39, 0.29) is 22.9 Å². The van der Waals surface area contributed by atoms with Gasteiger partial charge in [-0.05, 0) is 68.8 Å². The molecule has 7 nitrogen and oxygen atoms in total. The average Bonchev–Trinajstić information content (AvgIpc) is 3.22. The number of methoxy groups -OCH3 is 2. The lowest BCUT2D eigenvalue weighted by Crippen LogP contribution is -2.21. The number of fused-ring (bicyclic) bond motifs is 1. The summed E-state index contributed by atoms with van der Waals surface area (Å²) in [4.78, 5) is 28.3. The molecule has 36 heavy (non-hydrogen) atoms. The van der Waals surface area contributed by atoms with E-state index in [0.29, 0.717) is 28.4 Å². The zero-order valence-electron chi connectivity index (χ0n) is 21.1. The summed E-state index contributed by atoms with van der Waals surface area (Å²) in [6.07, 6.45) is 1.72. The minimum Gasteiger partial charge on any atom is -0.496 e. The highest BCUT2D eigenvalue weighted by atomic mass is 16.5. The van der Waals surface area contributed by atoms with E-state index in [4.69, 9.17) is 18.9 Å². The molecule has 0 spiro atoms. The number of ketones is 1. The highest BCUT2D eigenvalue weighted by molar-refractivity contribution is 6.15. The van der Waals surface area contributed by atoms with E-state index in [1.807, 2.05) is 24.3 Å². The highest BCUT2D eigenvalue weighted by Gasteiger charge is 2.31. The zero-order valence-corrected chi connectivity index (χ0v) is 21.1. The van der Waals surface area contributed by atoms with E-state index in [0.717, 1.165) is 24.3 Å². The largest absolute Gasteiger partial charge is 0.496 e. The molecule has 1 aliphatic heterocycles. The predicted molar refractivity (Wildman–Crippen MR) is 139 cm³/mol. The number of allylic oxidation sites excluding steroid dienone is 1. The third-order valence-electron chi connectivity index (χ3n) is 6.19. The molecule has 0 atom stereocenters. The van der Waals surface area contributed by atoms with Crippen molar-refractivity contribution in [1.29, 1.82) is 0 Å². The van der Waals surface area contributed by atoms with Crippen LogP contribution in [0.15, 0.2) is 60.4 Å². The molecule has 0 aliphatic carbocycles. The molecule has 0 saturated heterocycles. The van der Waals surface area contributed by atoms with Gasteiger partial charge in [-0.1, -0.05) is 18.2 Å². The number of esters is 1. The smallest absolute Gasteiger partial charge is 0.351 e. The minimum atomic E-state index is -0.638. The van der Waals surface area contributed by atoms with E-state index in [1.54, 1.807) is 43.3 Å². The fourth-order valence-electron chi connectivity index (χ4n) is 4.20. The third-order valence-corrected chi connectivity index (χ3v) is 6.19. The number of carbonyl (C=O) groups is 2. The number of nitrogens with zero attached hydrogens (tertiary/aromatic N) is 1. The number of ether oxygens (including phenoxy) is 4. The summed E-state index contributed by atoms with van der Waals surface area (Å²) in [6, 6.07) is 16.2. The number of hydrogen-bond acceptors (Lipinski definition) is 7. The Morgan fingerprint density at radius 2 is 1.56 bits per heavy atom. The fraction of sp³-hybridized carbons (Fsp3) is 0.241. The van der Waals surface area contributed by atoms with Crippen LogP contribution in [0.5, 0.6) is 23.0 Å². The minimum absolute atomic E-state index is 0.174. The second-order valence-corrected chi connectivity index (χ2v) is 8.20. The van der Waals surface area contributed by atoms with E-state index < -0.39 is 5.97 Å². The van der Waals surface area contributed by atoms with E-state index >= 15 is 0 Å². The molecule has 186 valence electrons. The van der Waals surface area contributed by atoms with Gasteiger partial charge in [-0.2, -0.15) is 0 Å². The van der Waals surface area contributed by atoms with Crippen molar-refractivity contribution in [1.82, 2.24) is 0 Å². The van der Waals surface area contributed by atoms with Gasteiger partial charge < -0.3 is 23.8 Å². The van der Waals surface area contributed by atoms with Gasteiger partial charge in [-0.15, -0.1) is 0 Å². The maximum Gasteiger partial charge on any atom is 0.351 e. The molecule has 4 rings (SSSR count). The van der Waals surface area contributed by atoms with Crippen molar-refractivity contribution in [3.05, 3.63) is 82.6 Å². The van der Waals surface area contributed by atoms with Crippen LogP contribution in [0.4, 0.5) is 5.69 Å². The molecule has 1 aliphatic rings. The summed E-state index contributed by atoms with van der Waals surface area (Å²) in [5, 5.41) is 0. The average molecular weight is 488 g/mol. The molecular weight excluding hydrogens is 458 g/mol. The summed E-state index contributed by atoms with van der Waals surface area (Å²) >= 11 is 0. The van der Waals surface area contributed by atoms with Gasteiger partial charge in [0, 0.05) is 24.3 Å². The molecule has 0 aromatic heterocycles. The number of anilines is 1. The first-order valence-electron chi connectivity index (χ1n) is 11.8. The summed E-state index contributed by atoms with van der Waals surface area (Å²) in [5.74, 6) is 0.695. The van der Waals surface area contributed by atoms with Crippen LogP contribution < -0.4 is 23.8 Å². The van der Waals surface area contributed by atoms with Crippen LogP contribution in [-0.2, 0) is 0 Å². The van der Waals surface area contributed by atoms with E-state index in [9.17, 15) is 9.59 Å². The highest BCUT2D eigenvalue weighted by Crippen LogP contribution is 2.40. The van der Waals surface area contributed by atoms with Crippen LogP contribution in [0.3, 0.4) is 0 Å². The molecule has 0 radical (unpaired) electrons. The Labute approximate surface area is 210 Å². The lowest BCUT2D eigenvalue weighted by Gasteiger charge is -2.20. The van der Waals surface area contributed by atoms with Gasteiger partial charge in [0.25, 0.3) is 0 Å². The molecule has 3 aromatic rings. The van der Waals surface area contributed by atoms with Crippen molar-refractivity contribution in [3.8, 4) is 23.0 Å². The van der Waals surface area contributed by atoms with Crippen LogP contribution >= 0.6 is 0 Å². The Bertz CT molecular complexity index is 1300. The molecule has 0 amide bonds. The zero-order chi connectivity index (χ0) is 25.8. The van der Waals surface area contributed by atoms with Crippen molar-refractivity contribution in [3.63, 3.8) is 0 Å². The normalized spacial score (nSPS) is 13.2. The standard InChI is InChI=1S/C29H29NO6/c1-6-30(7-2)20-13-11-19(12-14-20)17-25-27(31)21-15-16-22(18(3)28(21)35-25)36-29(32)26-23(33-4)9-8-10-24(26)34-5/h8-17H,6-7H2,1-5H3/b25-17-. The third kappa shape index (κ3) is 4.64. The lowest BCUT2D eigenvalue weighted by molar-refractivity contribution is 0.0726. The number of carbonyl (C=O) groups excluding carboxylic acids is 2. The lowest BCUT2D eigenvalue weighted by atomic mass is 10.1. The van der Waals surface area contributed by atoms with Gasteiger partial charge in [-0.3, -0.25) is 4.79 Å². The number of hydrogen-bond donors (Lipinski definition) is 0. The van der Waals surface area contributed by atoms with Crippen LogP contribution in [-0.4, -0.2) is 39.1 Å². The second kappa shape index (κ2) is 10.6. The van der Waals surface area contributed by atoms with Crippen LogP contribution in [0.1, 0.15) is 45.7 Å². The number of Topliss-reactive ketones (excluding diaryl/α,β-unsaturated/α-hetero) is 1. The Hall–Kier alpha value is -4.26. The molecule has 3 aromatic carbocycles. The molecule has 0 fully saturated rings. The molecule has 0 bridgehead atoms. The molecule has 7 heteroatoms. The van der Waals surface area contributed by atoms with Gasteiger partial charge in [0.05, 0.1) is 19.8 Å². The van der Waals surface area contributed by atoms with Crippen molar-refractivity contribution in [2.24, 2.45) is 0 Å². The quantitative estimate of drug-likeness (QED) is 0.229. The summed E-state index contributed by atoms with van der Waals surface area (Å²) in [7, 11) is 2.94. The maximum atomic E-state index is 13.0. The number of benzene rings is 3. The predicted octanol–water partition coefficient (Wildman–Crippen LogP) is 5.69. The molecule has 1 heterocycles. The van der Waals surface area contributed by atoms with Crippen LogP contribution in [0.25, 0.3) is 6.08 Å². The van der Waals surface area contributed by atoms with Gasteiger partial charge >= 0.3 is 5.97 Å². The van der Waals surface area contributed by atoms with Crippen molar-refractivity contribution < 1.29 is 28.5 Å². The van der Waals surface area contributed by atoms with E-state index in [2.05, 4.69) is 18.7 Å². The Morgan fingerprint density at radius 1 is 0.917 bits per heavy atom. The van der Waals surface area contributed by atoms with Gasteiger partial charge in [-0.25, -0.2) is 4.79 Å². The van der Waals surface area contributed by atoms with Gasteiger partial charge in [0.1, 0.15) is 28.6 Å². The molecule has 0 saturated carbocycles. The molecule has 0 N–H and O–H groups in total. The summed E-state index contributed by atoms with van der Waals surface area (Å²) in [5.41, 5.74) is 3.12. The summed E-state index contributed by atoms with van der Waals surface area (Å²) < 4.78 is 22.2. The Balaban J connectivity index is 1.58. The summed E-state index contributed by atoms with van der Waals surface area (Å²) in [6.45, 7) is 7.81. The van der Waals surface area contributed by atoms with Gasteiger partial charge in [0.2, 0.25) is 5.78 Å². The first-order valence-corrected chi connectivity index (χ1v) is 11.8. The van der Waals surface area contributed by atoms with Crippen LogP contribution in [0, 0.1) is 6.92 Å². The van der Waals surface area contributed by atoms with E-state index in [1.165, 1.54) is 14.2 Å². The Kier molecular flexibility index (Phi) is 7.29. The monoisotopic (exact) mass is 487 g/mol. The fourth-order valence-corrected chi connectivity index (χ4v) is 4.20. The maximum absolute atomic E-state index is 13.0. The Morgan fingerprint density at radius 3 is 2.14 bits per heavy atom. The van der Waals surface area contributed by atoms with Crippen molar-refractivity contribution >= 4 is 23.5 Å². The molecular formula is C29H29NO6.